The number of anilines is 1. The Kier molecular flexibility index (Phi) is 4.62. The summed E-state index contributed by atoms with van der Waals surface area (Å²) in [4.78, 5) is 5.23. The summed E-state index contributed by atoms with van der Waals surface area (Å²) in [7, 11) is 0. The van der Waals surface area contributed by atoms with E-state index >= 15 is 0 Å². The highest BCUT2D eigenvalue weighted by molar-refractivity contribution is 5.55. The van der Waals surface area contributed by atoms with E-state index in [-0.39, 0.29) is 0 Å². The number of nitrogens with zero attached hydrogens (tertiary/aromatic N) is 2. The SMILES string of the molecule is CCCN1CCN(c2ccccc2C2CCCC2)CC1. The predicted molar refractivity (Wildman–Crippen MR) is 86.6 cm³/mol. The monoisotopic (exact) mass is 272 g/mol. The summed E-state index contributed by atoms with van der Waals surface area (Å²) < 4.78 is 0. The second kappa shape index (κ2) is 6.62. The van der Waals surface area contributed by atoms with E-state index in [4.69, 9.17) is 0 Å². The van der Waals surface area contributed by atoms with Crippen LogP contribution >= 0.6 is 0 Å². The van der Waals surface area contributed by atoms with Crippen LogP contribution in [0.5, 0.6) is 0 Å². The summed E-state index contributed by atoms with van der Waals surface area (Å²) in [6.07, 6.45) is 6.91. The lowest BCUT2D eigenvalue weighted by molar-refractivity contribution is 0.258. The molecule has 1 aromatic rings. The molecule has 0 bridgehead atoms. The van der Waals surface area contributed by atoms with Crippen LogP contribution in [-0.2, 0) is 0 Å². The van der Waals surface area contributed by atoms with E-state index in [9.17, 15) is 0 Å². The summed E-state index contributed by atoms with van der Waals surface area (Å²) in [5, 5.41) is 0. The van der Waals surface area contributed by atoms with Crippen molar-refractivity contribution in [1.82, 2.24) is 4.90 Å². The van der Waals surface area contributed by atoms with Crippen molar-refractivity contribution >= 4 is 5.69 Å². The molecule has 0 atom stereocenters. The van der Waals surface area contributed by atoms with Gasteiger partial charge in [-0.15, -0.1) is 0 Å². The molecule has 0 spiro atoms. The fraction of sp³-hybridized carbons (Fsp3) is 0.667. The minimum absolute atomic E-state index is 0.819. The van der Waals surface area contributed by atoms with Crippen molar-refractivity contribution in [3.63, 3.8) is 0 Å². The Morgan fingerprint density at radius 2 is 1.70 bits per heavy atom. The number of hydrogen-bond acceptors (Lipinski definition) is 2. The first-order chi connectivity index (χ1) is 9.88. The van der Waals surface area contributed by atoms with Gasteiger partial charge in [-0.25, -0.2) is 0 Å². The van der Waals surface area contributed by atoms with Gasteiger partial charge in [-0.1, -0.05) is 38.0 Å². The molecule has 2 heteroatoms. The number of rotatable bonds is 4. The normalized spacial score (nSPS) is 21.6. The molecular weight excluding hydrogens is 244 g/mol. The van der Waals surface area contributed by atoms with E-state index in [0.29, 0.717) is 0 Å². The van der Waals surface area contributed by atoms with Gasteiger partial charge >= 0.3 is 0 Å². The van der Waals surface area contributed by atoms with Crippen LogP contribution in [0.25, 0.3) is 0 Å². The van der Waals surface area contributed by atoms with Gasteiger partial charge in [-0.2, -0.15) is 0 Å². The van der Waals surface area contributed by atoms with Gasteiger partial charge in [-0.3, -0.25) is 4.90 Å². The predicted octanol–water partition coefficient (Wildman–Crippen LogP) is 3.88. The molecule has 110 valence electrons. The van der Waals surface area contributed by atoms with E-state index in [0.717, 1.165) is 5.92 Å². The molecule has 3 rings (SSSR count). The largest absolute Gasteiger partial charge is 0.369 e. The first-order valence-corrected chi connectivity index (χ1v) is 8.44. The third-order valence-corrected chi connectivity index (χ3v) is 4.98. The van der Waals surface area contributed by atoms with Crippen LogP contribution in [0.15, 0.2) is 24.3 Å². The van der Waals surface area contributed by atoms with E-state index in [2.05, 4.69) is 41.0 Å². The molecule has 0 radical (unpaired) electrons. The molecule has 1 aliphatic carbocycles. The van der Waals surface area contributed by atoms with E-state index in [1.54, 1.807) is 5.56 Å². The van der Waals surface area contributed by atoms with Crippen LogP contribution in [0.3, 0.4) is 0 Å². The molecule has 0 aromatic heterocycles. The molecule has 1 heterocycles. The maximum atomic E-state index is 2.62. The second-order valence-electron chi connectivity index (χ2n) is 6.37. The summed E-state index contributed by atoms with van der Waals surface area (Å²) in [6, 6.07) is 9.17. The lowest BCUT2D eigenvalue weighted by Crippen LogP contribution is -2.46. The molecule has 0 N–H and O–H groups in total. The van der Waals surface area contributed by atoms with Crippen LogP contribution < -0.4 is 4.90 Å². The van der Waals surface area contributed by atoms with Gasteiger partial charge in [-0.05, 0) is 43.4 Å². The Bertz CT molecular complexity index is 415. The second-order valence-corrected chi connectivity index (χ2v) is 6.37. The topological polar surface area (TPSA) is 6.48 Å². The molecule has 2 nitrogen and oxygen atoms in total. The summed E-state index contributed by atoms with van der Waals surface area (Å²) in [5.41, 5.74) is 3.14. The average Bonchev–Trinajstić information content (AvgIpc) is 3.03. The molecule has 1 aliphatic heterocycles. The molecule has 20 heavy (non-hydrogen) atoms. The number of piperazine rings is 1. The highest BCUT2D eigenvalue weighted by Crippen LogP contribution is 2.39. The van der Waals surface area contributed by atoms with Gasteiger partial charge in [0.25, 0.3) is 0 Å². The Morgan fingerprint density at radius 1 is 1.00 bits per heavy atom. The molecule has 0 unspecified atom stereocenters. The molecule has 1 saturated carbocycles. The number of hydrogen-bond donors (Lipinski definition) is 0. The Balaban J connectivity index is 1.71. The third-order valence-electron chi connectivity index (χ3n) is 4.98. The summed E-state index contributed by atoms with van der Waals surface area (Å²) in [5.74, 6) is 0.819. The molecule has 0 amide bonds. The zero-order chi connectivity index (χ0) is 13.8. The van der Waals surface area contributed by atoms with E-state index < -0.39 is 0 Å². The maximum Gasteiger partial charge on any atom is 0.0402 e. The highest BCUT2D eigenvalue weighted by atomic mass is 15.3. The van der Waals surface area contributed by atoms with Crippen LogP contribution in [0.2, 0.25) is 0 Å². The lowest BCUT2D eigenvalue weighted by atomic mass is 9.95. The summed E-state index contributed by atoms with van der Waals surface area (Å²) >= 11 is 0. The van der Waals surface area contributed by atoms with Crippen LogP contribution in [0.4, 0.5) is 5.69 Å². The van der Waals surface area contributed by atoms with Crippen LogP contribution in [0, 0.1) is 0 Å². The van der Waals surface area contributed by atoms with Crippen molar-refractivity contribution in [2.75, 3.05) is 37.6 Å². The van der Waals surface area contributed by atoms with Crippen molar-refractivity contribution in [1.29, 1.82) is 0 Å². The van der Waals surface area contributed by atoms with Crippen molar-refractivity contribution in [2.45, 2.75) is 44.9 Å². The lowest BCUT2D eigenvalue weighted by Gasteiger charge is -2.37. The van der Waals surface area contributed by atoms with Gasteiger partial charge in [0.1, 0.15) is 0 Å². The standard InChI is InChI=1S/C18H28N2/c1-2-11-19-12-14-20(15-13-19)18-10-6-5-9-17(18)16-7-3-4-8-16/h5-6,9-10,16H,2-4,7-8,11-15H2,1H3. The molecule has 1 aromatic carbocycles. The van der Waals surface area contributed by atoms with E-state index in [1.807, 2.05) is 0 Å². The molecular formula is C18H28N2. The van der Waals surface area contributed by atoms with Gasteiger partial charge in [0.05, 0.1) is 0 Å². The Labute approximate surface area is 123 Å². The quantitative estimate of drug-likeness (QED) is 0.821. The van der Waals surface area contributed by atoms with Gasteiger partial charge in [0, 0.05) is 31.9 Å². The Morgan fingerprint density at radius 3 is 2.40 bits per heavy atom. The van der Waals surface area contributed by atoms with Crippen LogP contribution in [-0.4, -0.2) is 37.6 Å². The van der Waals surface area contributed by atoms with Crippen LogP contribution in [0.1, 0.15) is 50.5 Å². The first-order valence-electron chi connectivity index (χ1n) is 8.44. The third kappa shape index (κ3) is 3.01. The van der Waals surface area contributed by atoms with Crippen molar-refractivity contribution in [3.05, 3.63) is 29.8 Å². The maximum absolute atomic E-state index is 2.62. The zero-order valence-corrected chi connectivity index (χ0v) is 12.9. The minimum atomic E-state index is 0.819. The number of benzene rings is 1. The molecule has 1 saturated heterocycles. The van der Waals surface area contributed by atoms with Gasteiger partial charge in [0.15, 0.2) is 0 Å². The fourth-order valence-electron chi connectivity index (χ4n) is 3.89. The number of para-hydroxylation sites is 1. The van der Waals surface area contributed by atoms with E-state index in [1.165, 1.54) is 70.5 Å². The van der Waals surface area contributed by atoms with Gasteiger partial charge < -0.3 is 4.90 Å². The molecule has 2 fully saturated rings. The summed E-state index contributed by atoms with van der Waals surface area (Å²) in [6.45, 7) is 8.40. The van der Waals surface area contributed by atoms with Crippen molar-refractivity contribution in [2.24, 2.45) is 0 Å². The highest BCUT2D eigenvalue weighted by Gasteiger charge is 2.23. The molecule has 2 aliphatic rings. The first kappa shape index (κ1) is 13.9. The smallest absolute Gasteiger partial charge is 0.0402 e. The van der Waals surface area contributed by atoms with Crippen molar-refractivity contribution < 1.29 is 0 Å². The minimum Gasteiger partial charge on any atom is -0.369 e. The van der Waals surface area contributed by atoms with Crippen molar-refractivity contribution in [3.8, 4) is 0 Å². The average molecular weight is 272 g/mol. The zero-order valence-electron chi connectivity index (χ0n) is 12.9. The Hall–Kier alpha value is -1.02. The fourth-order valence-corrected chi connectivity index (χ4v) is 3.89. The van der Waals surface area contributed by atoms with Gasteiger partial charge in [0.2, 0.25) is 0 Å².